The third-order valence-corrected chi connectivity index (χ3v) is 5.22. The first-order chi connectivity index (χ1) is 14.1. The Morgan fingerprint density at radius 3 is 1.69 bits per heavy atom. The lowest BCUT2D eigenvalue weighted by molar-refractivity contribution is -0.123. The molecule has 6 heteroatoms. The molecule has 0 radical (unpaired) electrons. The van der Waals surface area contributed by atoms with Gasteiger partial charge in [-0.15, -0.1) is 0 Å². The van der Waals surface area contributed by atoms with Gasteiger partial charge in [0.25, 0.3) is 12.9 Å². The fourth-order valence-corrected chi connectivity index (χ4v) is 3.79. The highest BCUT2D eigenvalue weighted by Crippen LogP contribution is 2.35. The predicted octanol–water partition coefficient (Wildman–Crippen LogP) is 2.95. The molecule has 1 aliphatic carbocycles. The highest BCUT2D eigenvalue weighted by atomic mass is 16.3. The van der Waals surface area contributed by atoms with Crippen molar-refractivity contribution in [1.29, 1.82) is 0 Å². The van der Waals surface area contributed by atoms with Gasteiger partial charge in [0.1, 0.15) is 0 Å². The Balaban J connectivity index is 0.000000449. The number of carbonyl (C=O) groups is 2. The fourth-order valence-electron chi connectivity index (χ4n) is 3.79. The van der Waals surface area contributed by atoms with Gasteiger partial charge in [0.2, 0.25) is 0 Å². The van der Waals surface area contributed by atoms with Gasteiger partial charge in [-0.1, -0.05) is 60.7 Å². The number of fused-ring (bicyclic) bond motifs is 2. The van der Waals surface area contributed by atoms with E-state index in [4.69, 9.17) is 19.8 Å². The smallest absolute Gasteiger partial charge is 0.290 e. The molecular weight excluding hydrogens is 368 g/mol. The molecule has 2 N–H and O–H groups in total. The van der Waals surface area contributed by atoms with Gasteiger partial charge in [-0.3, -0.25) is 14.5 Å². The van der Waals surface area contributed by atoms with Crippen LogP contribution in [0.1, 0.15) is 28.2 Å². The molecule has 2 aliphatic rings. The van der Waals surface area contributed by atoms with E-state index in [1.807, 2.05) is 0 Å². The zero-order valence-electron chi connectivity index (χ0n) is 16.6. The standard InChI is InChI=1S/C21H24N2.2CH2O2/c1-22-12-14-23(15-13-22)16-21-19-8-4-2-6-17(19)10-11-18-7-3-5-9-20(18)21;2*2-1-3/h2-11,21H,12-16H2,1H3;2*1H,(H,2,3). The minimum absolute atomic E-state index is 0.250. The first-order valence-electron chi connectivity index (χ1n) is 9.57. The van der Waals surface area contributed by atoms with Crippen LogP contribution in [-0.2, 0) is 9.59 Å². The van der Waals surface area contributed by atoms with Gasteiger partial charge in [0, 0.05) is 38.6 Å². The van der Waals surface area contributed by atoms with Crippen molar-refractivity contribution in [3.63, 3.8) is 0 Å². The molecule has 0 atom stereocenters. The van der Waals surface area contributed by atoms with E-state index in [0.717, 1.165) is 6.54 Å². The third kappa shape index (κ3) is 6.27. The van der Waals surface area contributed by atoms with Crippen molar-refractivity contribution in [2.45, 2.75) is 5.92 Å². The number of hydrogen-bond acceptors (Lipinski definition) is 4. The maximum atomic E-state index is 8.36. The summed E-state index contributed by atoms with van der Waals surface area (Å²) in [6, 6.07) is 17.8. The number of piperazine rings is 1. The summed E-state index contributed by atoms with van der Waals surface area (Å²) >= 11 is 0. The molecule has 0 amide bonds. The molecule has 0 spiro atoms. The Hall–Kier alpha value is -2.96. The van der Waals surface area contributed by atoms with Crippen molar-refractivity contribution in [2.24, 2.45) is 0 Å². The van der Waals surface area contributed by atoms with E-state index in [0.29, 0.717) is 5.92 Å². The molecule has 0 bridgehead atoms. The van der Waals surface area contributed by atoms with Crippen molar-refractivity contribution in [1.82, 2.24) is 9.80 Å². The highest BCUT2D eigenvalue weighted by molar-refractivity contribution is 5.76. The second kappa shape index (κ2) is 11.8. The molecule has 2 aromatic carbocycles. The van der Waals surface area contributed by atoms with Crippen molar-refractivity contribution in [2.75, 3.05) is 39.8 Å². The van der Waals surface area contributed by atoms with E-state index in [-0.39, 0.29) is 12.9 Å². The normalized spacial score (nSPS) is 16.0. The molecule has 1 heterocycles. The quantitative estimate of drug-likeness (QED) is 0.760. The monoisotopic (exact) mass is 396 g/mol. The van der Waals surface area contributed by atoms with Crippen molar-refractivity contribution >= 4 is 25.1 Å². The molecule has 154 valence electrons. The Labute approximate surface area is 171 Å². The van der Waals surface area contributed by atoms with E-state index in [1.165, 1.54) is 48.4 Å². The minimum atomic E-state index is -0.250. The second-order valence-electron chi connectivity index (χ2n) is 6.96. The number of rotatable bonds is 2. The van der Waals surface area contributed by atoms with E-state index >= 15 is 0 Å². The summed E-state index contributed by atoms with van der Waals surface area (Å²) in [5.74, 6) is 0.459. The Kier molecular flexibility index (Phi) is 9.08. The molecule has 0 aromatic heterocycles. The van der Waals surface area contributed by atoms with Crippen LogP contribution in [0.5, 0.6) is 0 Å². The maximum Gasteiger partial charge on any atom is 0.290 e. The van der Waals surface area contributed by atoms with Gasteiger partial charge >= 0.3 is 0 Å². The lowest BCUT2D eigenvalue weighted by Gasteiger charge is -2.35. The average Bonchev–Trinajstić information content (AvgIpc) is 2.89. The van der Waals surface area contributed by atoms with Crippen molar-refractivity contribution in [3.8, 4) is 0 Å². The summed E-state index contributed by atoms with van der Waals surface area (Å²) < 4.78 is 0. The van der Waals surface area contributed by atoms with E-state index in [1.54, 1.807) is 0 Å². The van der Waals surface area contributed by atoms with Gasteiger partial charge in [-0.25, -0.2) is 0 Å². The SMILES string of the molecule is CN1CCN(CC2c3ccccc3C=Cc3ccccc32)CC1.O=CO.O=CO. The van der Waals surface area contributed by atoms with Crippen LogP contribution in [0.4, 0.5) is 0 Å². The zero-order valence-corrected chi connectivity index (χ0v) is 16.6. The van der Waals surface area contributed by atoms with Crippen LogP contribution in [0, 0.1) is 0 Å². The van der Waals surface area contributed by atoms with E-state index in [9.17, 15) is 0 Å². The number of likely N-dealkylation sites (N-methyl/N-ethyl adjacent to an activating group) is 1. The Morgan fingerprint density at radius 2 is 1.24 bits per heavy atom. The zero-order chi connectivity index (χ0) is 21.1. The largest absolute Gasteiger partial charge is 0.483 e. The van der Waals surface area contributed by atoms with Gasteiger partial charge in [-0.2, -0.15) is 0 Å². The molecular formula is C23H28N2O4. The van der Waals surface area contributed by atoms with Gasteiger partial charge < -0.3 is 15.1 Å². The molecule has 1 aliphatic heterocycles. The van der Waals surface area contributed by atoms with Crippen LogP contribution in [0.2, 0.25) is 0 Å². The molecule has 1 fully saturated rings. The lowest BCUT2D eigenvalue weighted by atomic mass is 9.87. The average molecular weight is 396 g/mol. The molecule has 4 rings (SSSR count). The van der Waals surface area contributed by atoms with Crippen LogP contribution in [0.15, 0.2) is 48.5 Å². The van der Waals surface area contributed by atoms with Gasteiger partial charge in [0.15, 0.2) is 0 Å². The first-order valence-corrected chi connectivity index (χ1v) is 9.57. The maximum absolute atomic E-state index is 8.36. The number of benzene rings is 2. The summed E-state index contributed by atoms with van der Waals surface area (Å²) in [7, 11) is 2.22. The minimum Gasteiger partial charge on any atom is -0.483 e. The lowest BCUT2D eigenvalue weighted by Crippen LogP contribution is -2.45. The van der Waals surface area contributed by atoms with Crippen LogP contribution in [0.3, 0.4) is 0 Å². The van der Waals surface area contributed by atoms with Crippen molar-refractivity contribution in [3.05, 3.63) is 70.8 Å². The van der Waals surface area contributed by atoms with Crippen LogP contribution in [0.25, 0.3) is 12.2 Å². The van der Waals surface area contributed by atoms with E-state index < -0.39 is 0 Å². The molecule has 0 unspecified atom stereocenters. The number of nitrogens with zero attached hydrogens (tertiary/aromatic N) is 2. The predicted molar refractivity (Wildman–Crippen MR) is 115 cm³/mol. The van der Waals surface area contributed by atoms with E-state index in [2.05, 4.69) is 77.5 Å². The Morgan fingerprint density at radius 1 is 0.828 bits per heavy atom. The highest BCUT2D eigenvalue weighted by Gasteiger charge is 2.24. The van der Waals surface area contributed by atoms with Gasteiger partial charge in [-0.05, 0) is 29.3 Å². The molecule has 2 aromatic rings. The third-order valence-electron chi connectivity index (χ3n) is 5.22. The summed E-state index contributed by atoms with van der Waals surface area (Å²) in [5.41, 5.74) is 5.66. The first kappa shape index (κ1) is 22.3. The Bertz CT molecular complexity index is 759. The summed E-state index contributed by atoms with van der Waals surface area (Å²) in [6.07, 6.45) is 4.55. The second-order valence-corrected chi connectivity index (χ2v) is 6.96. The summed E-state index contributed by atoms with van der Waals surface area (Å²) in [6.45, 7) is 5.31. The van der Waals surface area contributed by atoms with Gasteiger partial charge in [0.05, 0.1) is 0 Å². The molecule has 0 saturated carbocycles. The molecule has 29 heavy (non-hydrogen) atoms. The van der Waals surface area contributed by atoms with Crippen LogP contribution >= 0.6 is 0 Å². The molecule has 6 nitrogen and oxygen atoms in total. The summed E-state index contributed by atoms with van der Waals surface area (Å²) in [4.78, 5) is 21.8. The van der Waals surface area contributed by atoms with Crippen molar-refractivity contribution < 1.29 is 19.8 Å². The summed E-state index contributed by atoms with van der Waals surface area (Å²) in [5, 5.41) is 13.8. The number of hydrogen-bond donors (Lipinski definition) is 2. The molecule has 1 saturated heterocycles. The van der Waals surface area contributed by atoms with Crippen LogP contribution < -0.4 is 0 Å². The topological polar surface area (TPSA) is 81.1 Å². The number of carboxylic acid groups (broad SMARTS) is 2. The fraction of sp³-hybridized carbons (Fsp3) is 0.304. The van der Waals surface area contributed by atoms with Crippen LogP contribution in [-0.4, -0.2) is 72.7 Å².